The zero-order valence-electron chi connectivity index (χ0n) is 20.3. The highest BCUT2D eigenvalue weighted by Crippen LogP contribution is 2.39. The quantitative estimate of drug-likeness (QED) is 0.296. The number of nitrogens with two attached hydrogens (primary N) is 2. The summed E-state index contributed by atoms with van der Waals surface area (Å²) in [6, 6.07) is 4.04. The number of carbonyl (C=O) groups is 1. The predicted octanol–water partition coefficient (Wildman–Crippen LogP) is 3.22. The highest BCUT2D eigenvalue weighted by atomic mass is 35.5. The summed E-state index contributed by atoms with van der Waals surface area (Å²) in [5.74, 6) is 1.57. The number of hydrogen-bond acceptors (Lipinski definition) is 10. The largest absolute Gasteiger partial charge is 0.453 e. The van der Waals surface area contributed by atoms with Gasteiger partial charge in [0.15, 0.2) is 11.5 Å². The van der Waals surface area contributed by atoms with Crippen molar-refractivity contribution in [3.8, 4) is 0 Å². The van der Waals surface area contributed by atoms with Crippen LogP contribution in [0.5, 0.6) is 0 Å². The first-order valence-corrected chi connectivity index (χ1v) is 12.5. The summed E-state index contributed by atoms with van der Waals surface area (Å²) in [6.45, 7) is 3.53. The fraction of sp³-hybridized carbons (Fsp3) is 0.478. The van der Waals surface area contributed by atoms with E-state index in [1.54, 1.807) is 16.8 Å². The Balaban J connectivity index is 1.41. The van der Waals surface area contributed by atoms with Gasteiger partial charge in [-0.2, -0.15) is 9.50 Å². The first-order chi connectivity index (χ1) is 17.4. The van der Waals surface area contributed by atoms with E-state index in [2.05, 4.69) is 42.8 Å². The molecule has 3 aromatic rings. The fourth-order valence-corrected chi connectivity index (χ4v) is 4.88. The van der Waals surface area contributed by atoms with Crippen LogP contribution in [0.25, 0.3) is 5.65 Å². The van der Waals surface area contributed by atoms with Crippen LogP contribution in [0.15, 0.2) is 18.3 Å². The van der Waals surface area contributed by atoms with Crippen molar-refractivity contribution in [2.24, 2.45) is 5.92 Å². The third-order valence-corrected chi connectivity index (χ3v) is 7.11. The number of hydrogen-bond donors (Lipinski definition) is 5. The second-order valence-electron chi connectivity index (χ2n) is 9.29. The van der Waals surface area contributed by atoms with Crippen LogP contribution < -0.4 is 32.3 Å². The molecule has 12 nitrogen and oxygen atoms in total. The minimum absolute atomic E-state index is 0.0364. The van der Waals surface area contributed by atoms with Gasteiger partial charge in [0.2, 0.25) is 5.95 Å². The summed E-state index contributed by atoms with van der Waals surface area (Å²) in [5.41, 5.74) is 14.9. The van der Waals surface area contributed by atoms with E-state index in [9.17, 15) is 4.79 Å². The Hall–Kier alpha value is -3.67. The Labute approximate surface area is 213 Å². The Bertz CT molecular complexity index is 1280. The molecule has 0 radical (unpaired) electrons. The number of halogens is 1. The molecule has 2 aliphatic rings. The van der Waals surface area contributed by atoms with E-state index < -0.39 is 6.09 Å². The minimum Gasteiger partial charge on any atom is -0.453 e. The van der Waals surface area contributed by atoms with Gasteiger partial charge >= 0.3 is 6.09 Å². The molecule has 0 bridgehead atoms. The van der Waals surface area contributed by atoms with Gasteiger partial charge in [0.05, 0.1) is 29.7 Å². The monoisotopic (exact) mass is 514 g/mol. The Kier molecular flexibility index (Phi) is 6.52. The van der Waals surface area contributed by atoms with Crippen LogP contribution in [0.4, 0.5) is 39.4 Å². The lowest BCUT2D eigenvalue weighted by Gasteiger charge is -2.40. The molecule has 36 heavy (non-hydrogen) atoms. The van der Waals surface area contributed by atoms with Crippen LogP contribution in [-0.4, -0.2) is 58.0 Å². The number of nitrogens with one attached hydrogen (secondary N) is 3. The number of carbonyl (C=O) groups excluding carboxylic acids is 1. The van der Waals surface area contributed by atoms with Crippen LogP contribution in [-0.2, 0) is 4.74 Å². The van der Waals surface area contributed by atoms with E-state index in [1.165, 1.54) is 7.11 Å². The van der Waals surface area contributed by atoms with Crippen LogP contribution >= 0.6 is 11.6 Å². The molecule has 0 spiro atoms. The maximum Gasteiger partial charge on any atom is 0.407 e. The van der Waals surface area contributed by atoms with Gasteiger partial charge in [0.1, 0.15) is 5.82 Å². The number of nitrogens with zero attached hydrogens (tertiary/aromatic N) is 5. The van der Waals surface area contributed by atoms with Crippen molar-refractivity contribution >= 4 is 58.0 Å². The average molecular weight is 515 g/mol. The topological polar surface area (TPSA) is 161 Å². The van der Waals surface area contributed by atoms with Crippen LogP contribution in [0.1, 0.15) is 32.6 Å². The van der Waals surface area contributed by atoms with Gasteiger partial charge in [-0.15, -0.1) is 5.10 Å². The molecule has 1 aliphatic carbocycles. The number of rotatable bonds is 7. The zero-order valence-corrected chi connectivity index (χ0v) is 21.0. The number of methoxy groups -OCH3 is 1. The summed E-state index contributed by atoms with van der Waals surface area (Å²) in [4.78, 5) is 22.9. The minimum atomic E-state index is -0.411. The SMILES string of the molecule is CC[C@H]1CN(c2cc(N)cc(Nc3nc(NC4CC4)c4ncc(N)n4n3)c2Cl)CC[C@H]1NC(=O)OC. The van der Waals surface area contributed by atoms with Crippen molar-refractivity contribution in [2.45, 2.75) is 44.7 Å². The molecule has 1 saturated heterocycles. The van der Waals surface area contributed by atoms with Crippen molar-refractivity contribution in [1.82, 2.24) is 24.9 Å². The van der Waals surface area contributed by atoms with Gasteiger partial charge in [0.25, 0.3) is 0 Å². The van der Waals surface area contributed by atoms with Gasteiger partial charge in [-0.1, -0.05) is 18.5 Å². The molecule has 7 N–H and O–H groups in total. The molecule has 13 heteroatoms. The smallest absolute Gasteiger partial charge is 0.407 e. The number of imidazole rings is 1. The number of ether oxygens (including phenoxy) is 1. The lowest BCUT2D eigenvalue weighted by Crippen LogP contribution is -2.51. The second kappa shape index (κ2) is 9.76. The van der Waals surface area contributed by atoms with Crippen LogP contribution in [0.3, 0.4) is 0 Å². The lowest BCUT2D eigenvalue weighted by molar-refractivity contribution is 0.158. The molecule has 2 atom stereocenters. The first-order valence-electron chi connectivity index (χ1n) is 12.1. The van der Waals surface area contributed by atoms with E-state index >= 15 is 0 Å². The summed E-state index contributed by atoms with van der Waals surface area (Å²) in [6.07, 6.45) is 4.98. The summed E-state index contributed by atoms with van der Waals surface area (Å²) >= 11 is 6.90. The normalized spacial score (nSPS) is 19.8. The molecule has 2 aromatic heterocycles. The van der Waals surface area contributed by atoms with Gasteiger partial charge in [-0.25, -0.2) is 9.78 Å². The van der Waals surface area contributed by atoms with Gasteiger partial charge in [-0.05, 0) is 43.7 Å². The number of alkyl carbamates (subject to hydrolysis) is 1. The molecule has 1 aromatic carbocycles. The molecule has 2 fully saturated rings. The molecular formula is C23H31ClN10O2. The molecule has 1 aliphatic heterocycles. The number of piperidine rings is 1. The van der Waals surface area contributed by atoms with Crippen LogP contribution in [0, 0.1) is 5.92 Å². The highest BCUT2D eigenvalue weighted by Gasteiger charge is 2.31. The number of fused-ring (bicyclic) bond motifs is 1. The van der Waals surface area contributed by atoms with Gasteiger partial charge in [-0.3, -0.25) is 0 Å². The molecule has 0 unspecified atom stereocenters. The lowest BCUT2D eigenvalue weighted by atomic mass is 9.89. The van der Waals surface area contributed by atoms with E-state index in [0.29, 0.717) is 52.2 Å². The number of anilines is 6. The molecular weight excluding hydrogens is 484 g/mol. The third-order valence-electron chi connectivity index (χ3n) is 6.72. The Morgan fingerprint density at radius 2 is 2.08 bits per heavy atom. The van der Waals surface area contributed by atoms with Crippen molar-refractivity contribution in [2.75, 3.05) is 47.2 Å². The van der Waals surface area contributed by atoms with Crippen molar-refractivity contribution in [1.29, 1.82) is 0 Å². The van der Waals surface area contributed by atoms with E-state index in [1.807, 2.05) is 6.07 Å². The maximum absolute atomic E-state index is 11.8. The predicted molar refractivity (Wildman–Crippen MR) is 141 cm³/mol. The van der Waals surface area contributed by atoms with Crippen LogP contribution in [0.2, 0.25) is 5.02 Å². The summed E-state index contributed by atoms with van der Waals surface area (Å²) < 4.78 is 6.33. The Morgan fingerprint density at radius 1 is 1.28 bits per heavy atom. The number of nitrogen functional groups attached to an aromatic ring is 2. The van der Waals surface area contributed by atoms with E-state index in [-0.39, 0.29) is 12.0 Å². The number of benzene rings is 1. The third kappa shape index (κ3) is 4.85. The zero-order chi connectivity index (χ0) is 25.4. The fourth-order valence-electron chi connectivity index (χ4n) is 4.61. The number of aromatic nitrogens is 4. The van der Waals surface area contributed by atoms with Gasteiger partial charge < -0.3 is 37.1 Å². The van der Waals surface area contributed by atoms with Crippen molar-refractivity contribution in [3.63, 3.8) is 0 Å². The average Bonchev–Trinajstić information content (AvgIpc) is 3.61. The summed E-state index contributed by atoms with van der Waals surface area (Å²) in [5, 5.41) is 14.6. The maximum atomic E-state index is 11.8. The Morgan fingerprint density at radius 3 is 2.81 bits per heavy atom. The van der Waals surface area contributed by atoms with E-state index in [0.717, 1.165) is 37.9 Å². The molecule has 1 amide bonds. The molecule has 1 saturated carbocycles. The number of amides is 1. The highest BCUT2D eigenvalue weighted by molar-refractivity contribution is 6.36. The van der Waals surface area contributed by atoms with Crippen molar-refractivity contribution < 1.29 is 9.53 Å². The van der Waals surface area contributed by atoms with Gasteiger partial charge in [0, 0.05) is 30.9 Å². The van der Waals surface area contributed by atoms with E-state index in [4.69, 9.17) is 27.8 Å². The second-order valence-corrected chi connectivity index (χ2v) is 9.67. The van der Waals surface area contributed by atoms with Crippen molar-refractivity contribution in [3.05, 3.63) is 23.4 Å². The molecule has 5 rings (SSSR count). The standard InChI is InChI=1S/C23H31ClN10O2/c1-3-12-11-33(7-6-15(12)30-23(35)36-2)17-9-13(25)8-16(19(17)24)29-22-31-20(28-14-4-5-14)21-27-10-18(26)34(21)32-22/h8-10,12,14-15H,3-7,11,25-26H2,1-2H3,(H,30,35)(H2,28,29,31,32)/t12-,15+/m0/s1. The summed E-state index contributed by atoms with van der Waals surface area (Å²) in [7, 11) is 1.38. The molecule has 3 heterocycles. The first kappa shape index (κ1) is 24.0. The molecule has 192 valence electrons.